The van der Waals surface area contributed by atoms with Crippen LogP contribution in [0.25, 0.3) is 0 Å². The summed E-state index contributed by atoms with van der Waals surface area (Å²) in [4.78, 5) is 0. The van der Waals surface area contributed by atoms with Gasteiger partial charge >= 0.3 is 0 Å². The van der Waals surface area contributed by atoms with Gasteiger partial charge in [-0.3, -0.25) is 0 Å². The Morgan fingerprint density at radius 2 is 1.71 bits per heavy atom. The molecule has 0 aliphatic rings. The zero-order valence-corrected chi connectivity index (χ0v) is 9.08. The molecule has 0 saturated heterocycles. The Labute approximate surface area is 86.4 Å². The molecule has 0 aliphatic carbocycles. The van der Waals surface area contributed by atoms with Crippen molar-refractivity contribution in [1.82, 2.24) is 0 Å². The van der Waals surface area contributed by atoms with Crippen LogP contribution in [0.1, 0.15) is 13.3 Å². The highest BCUT2D eigenvalue weighted by Crippen LogP contribution is 1.76. The molecule has 0 aromatic rings. The lowest BCUT2D eigenvalue weighted by molar-refractivity contribution is 0.0976. The Morgan fingerprint density at radius 1 is 1.00 bits per heavy atom. The minimum absolute atomic E-state index is 0.0833. The number of rotatable bonds is 8. The monoisotopic (exact) mass is 208 g/mol. The second-order valence-electron chi connectivity index (χ2n) is 2.46. The zero-order chi connectivity index (χ0) is 11.1. The predicted molar refractivity (Wildman–Crippen MR) is 57.1 cm³/mol. The van der Waals surface area contributed by atoms with Crippen LogP contribution in [0.15, 0.2) is 0 Å². The molecule has 5 N–H and O–H groups in total. The number of aliphatic hydroxyl groups is 1. The van der Waals surface area contributed by atoms with Gasteiger partial charge in [0.2, 0.25) is 0 Å². The van der Waals surface area contributed by atoms with E-state index < -0.39 is 0 Å². The molecule has 0 aromatic carbocycles. The van der Waals surface area contributed by atoms with Crippen molar-refractivity contribution in [3.63, 3.8) is 0 Å². The van der Waals surface area contributed by atoms with Crippen molar-refractivity contribution >= 4 is 0 Å². The van der Waals surface area contributed by atoms with Crippen molar-refractivity contribution in [2.75, 3.05) is 46.1 Å². The molecule has 0 heterocycles. The molecule has 14 heavy (non-hydrogen) atoms. The second kappa shape index (κ2) is 18.6. The topological polar surface area (TPSA) is 90.7 Å². The van der Waals surface area contributed by atoms with Crippen LogP contribution in [0.3, 0.4) is 0 Å². The summed E-state index contributed by atoms with van der Waals surface area (Å²) in [6.45, 7) is 5.89. The number of ether oxygens (including phenoxy) is 2. The highest BCUT2D eigenvalue weighted by atomic mass is 16.5. The maximum absolute atomic E-state index is 8.13. The molecule has 5 heteroatoms. The van der Waals surface area contributed by atoms with Crippen LogP contribution in [0.2, 0.25) is 0 Å². The van der Waals surface area contributed by atoms with Crippen molar-refractivity contribution in [3.8, 4) is 0 Å². The summed E-state index contributed by atoms with van der Waals surface area (Å²) in [6.07, 6.45) is 0.980. The van der Waals surface area contributed by atoms with Gasteiger partial charge in [-0.2, -0.15) is 0 Å². The Balaban J connectivity index is 0. The molecular weight excluding hydrogens is 184 g/mol. The van der Waals surface area contributed by atoms with Crippen LogP contribution in [0.5, 0.6) is 0 Å². The first-order chi connectivity index (χ1) is 6.83. The van der Waals surface area contributed by atoms with E-state index in [0.29, 0.717) is 19.8 Å². The summed E-state index contributed by atoms with van der Waals surface area (Å²) in [7, 11) is 0. The van der Waals surface area contributed by atoms with Crippen molar-refractivity contribution in [2.24, 2.45) is 11.5 Å². The predicted octanol–water partition coefficient (Wildman–Crippen LogP) is -0.674. The van der Waals surface area contributed by atoms with Crippen LogP contribution in [0.4, 0.5) is 0 Å². The fourth-order valence-electron chi connectivity index (χ4n) is 0.580. The van der Waals surface area contributed by atoms with Crippen LogP contribution in [-0.4, -0.2) is 51.2 Å². The summed E-state index contributed by atoms with van der Waals surface area (Å²) in [6, 6.07) is 0. The fraction of sp³-hybridized carbons (Fsp3) is 1.00. The lowest BCUT2D eigenvalue weighted by atomic mass is 10.5. The molecular formula is C9H24N2O3. The average molecular weight is 208 g/mol. The molecule has 0 unspecified atom stereocenters. The third-order valence-corrected chi connectivity index (χ3v) is 1.19. The second-order valence-corrected chi connectivity index (χ2v) is 2.46. The van der Waals surface area contributed by atoms with E-state index in [1.165, 1.54) is 0 Å². The molecule has 0 amide bonds. The fourth-order valence-corrected chi connectivity index (χ4v) is 0.580. The van der Waals surface area contributed by atoms with Crippen molar-refractivity contribution in [3.05, 3.63) is 0 Å². The van der Waals surface area contributed by atoms with Gasteiger partial charge in [-0.25, -0.2) is 0 Å². The van der Waals surface area contributed by atoms with Gasteiger partial charge in [0.25, 0.3) is 0 Å². The number of aliphatic hydroxyl groups excluding tert-OH is 1. The SMILES string of the molecule is CCOCCCN.NCCOCCO. The maximum Gasteiger partial charge on any atom is 0.0698 e. The van der Waals surface area contributed by atoms with Crippen molar-refractivity contribution < 1.29 is 14.6 Å². The molecule has 0 rings (SSSR count). The van der Waals surface area contributed by atoms with E-state index >= 15 is 0 Å². The molecule has 0 radical (unpaired) electrons. The minimum Gasteiger partial charge on any atom is -0.394 e. The molecule has 0 bridgehead atoms. The highest BCUT2D eigenvalue weighted by Gasteiger charge is 1.79. The average Bonchev–Trinajstić information content (AvgIpc) is 2.21. The largest absolute Gasteiger partial charge is 0.394 e. The Hall–Kier alpha value is -0.200. The third-order valence-electron chi connectivity index (χ3n) is 1.19. The van der Waals surface area contributed by atoms with E-state index in [2.05, 4.69) is 0 Å². The summed E-state index contributed by atoms with van der Waals surface area (Å²) in [5.74, 6) is 0. The lowest BCUT2D eigenvalue weighted by Crippen LogP contribution is -2.10. The van der Waals surface area contributed by atoms with Gasteiger partial charge in [-0.05, 0) is 19.9 Å². The van der Waals surface area contributed by atoms with Crippen molar-refractivity contribution in [2.45, 2.75) is 13.3 Å². The van der Waals surface area contributed by atoms with Gasteiger partial charge in [-0.1, -0.05) is 0 Å². The van der Waals surface area contributed by atoms with Gasteiger partial charge in [0.1, 0.15) is 0 Å². The van der Waals surface area contributed by atoms with E-state index in [9.17, 15) is 0 Å². The van der Waals surface area contributed by atoms with Gasteiger partial charge in [0.05, 0.1) is 19.8 Å². The molecule has 88 valence electrons. The zero-order valence-electron chi connectivity index (χ0n) is 9.08. The number of hydrogen-bond acceptors (Lipinski definition) is 5. The summed E-state index contributed by atoms with van der Waals surface area (Å²) in [5.41, 5.74) is 10.3. The van der Waals surface area contributed by atoms with Crippen LogP contribution in [0, 0.1) is 0 Å². The minimum atomic E-state index is 0.0833. The van der Waals surface area contributed by atoms with E-state index in [1.54, 1.807) is 0 Å². The van der Waals surface area contributed by atoms with E-state index in [1.807, 2.05) is 6.92 Å². The number of hydrogen-bond donors (Lipinski definition) is 3. The Kier molecular flexibility index (Phi) is 21.5. The quantitative estimate of drug-likeness (QED) is 0.460. The molecule has 0 atom stereocenters. The van der Waals surface area contributed by atoms with E-state index in [-0.39, 0.29) is 6.61 Å². The van der Waals surface area contributed by atoms with E-state index in [4.69, 9.17) is 26.0 Å². The molecule has 0 saturated carbocycles. The summed E-state index contributed by atoms with van der Waals surface area (Å²) in [5, 5.41) is 8.13. The molecule has 0 fully saturated rings. The number of nitrogens with two attached hydrogens (primary N) is 2. The van der Waals surface area contributed by atoms with Crippen LogP contribution in [-0.2, 0) is 9.47 Å². The molecule has 0 aromatic heterocycles. The van der Waals surface area contributed by atoms with Gasteiger partial charge in [0, 0.05) is 19.8 Å². The first-order valence-corrected chi connectivity index (χ1v) is 4.99. The highest BCUT2D eigenvalue weighted by molar-refractivity contribution is 4.32. The van der Waals surface area contributed by atoms with E-state index in [0.717, 1.165) is 26.2 Å². The third kappa shape index (κ3) is 22.6. The summed E-state index contributed by atoms with van der Waals surface area (Å²) < 4.78 is 9.75. The van der Waals surface area contributed by atoms with Gasteiger partial charge in [0.15, 0.2) is 0 Å². The van der Waals surface area contributed by atoms with Crippen LogP contribution >= 0.6 is 0 Å². The lowest BCUT2D eigenvalue weighted by Gasteiger charge is -1.95. The van der Waals surface area contributed by atoms with Crippen LogP contribution < -0.4 is 11.5 Å². The Bertz CT molecular complexity index is 66.5. The first kappa shape index (κ1) is 16.2. The Morgan fingerprint density at radius 3 is 2.14 bits per heavy atom. The van der Waals surface area contributed by atoms with Crippen molar-refractivity contribution in [1.29, 1.82) is 0 Å². The first-order valence-electron chi connectivity index (χ1n) is 4.99. The summed E-state index contributed by atoms with van der Waals surface area (Å²) >= 11 is 0. The maximum atomic E-state index is 8.13. The normalized spacial score (nSPS) is 9.43. The van der Waals surface area contributed by atoms with Gasteiger partial charge < -0.3 is 26.0 Å². The standard InChI is InChI=1S/C5H13NO.C4H11NO2/c1-2-7-5-3-4-6;5-1-3-7-4-2-6/h2-6H2,1H3;6H,1-5H2. The molecule has 5 nitrogen and oxygen atoms in total. The smallest absolute Gasteiger partial charge is 0.0698 e. The molecule has 0 aliphatic heterocycles. The van der Waals surface area contributed by atoms with Gasteiger partial charge in [-0.15, -0.1) is 0 Å². The molecule has 0 spiro atoms.